The van der Waals surface area contributed by atoms with Crippen LogP contribution in [-0.2, 0) is 6.54 Å². The van der Waals surface area contributed by atoms with Gasteiger partial charge in [0.15, 0.2) is 0 Å². The van der Waals surface area contributed by atoms with Crippen LogP contribution >= 0.6 is 11.6 Å². The van der Waals surface area contributed by atoms with Crippen molar-refractivity contribution < 1.29 is 5.11 Å². The van der Waals surface area contributed by atoms with Gasteiger partial charge in [-0.1, -0.05) is 49.9 Å². The molecule has 1 saturated carbocycles. The molecule has 2 rings (SSSR count). The molecule has 2 N–H and O–H groups in total. The average Bonchev–Trinajstić information content (AvgIpc) is 2.45. The lowest BCUT2D eigenvalue weighted by atomic mass is 9.83. The zero-order valence-corrected chi connectivity index (χ0v) is 12.4. The highest BCUT2D eigenvalue weighted by Gasteiger charge is 2.22. The van der Waals surface area contributed by atoms with E-state index >= 15 is 0 Å². The normalized spacial score (nSPS) is 18.4. The lowest BCUT2D eigenvalue weighted by Crippen LogP contribution is -2.36. The van der Waals surface area contributed by atoms with E-state index in [4.69, 9.17) is 11.6 Å². The molecule has 3 heteroatoms. The molecule has 1 aromatic carbocycles. The monoisotopic (exact) mass is 281 g/mol. The Morgan fingerprint density at radius 1 is 1.32 bits per heavy atom. The van der Waals surface area contributed by atoms with E-state index in [0.29, 0.717) is 17.6 Å². The Morgan fingerprint density at radius 3 is 2.74 bits per heavy atom. The maximum absolute atomic E-state index is 9.92. The number of phenols is 1. The molecule has 0 radical (unpaired) electrons. The van der Waals surface area contributed by atoms with Gasteiger partial charge in [-0.05, 0) is 31.2 Å². The van der Waals surface area contributed by atoms with Crippen LogP contribution in [0.5, 0.6) is 5.75 Å². The summed E-state index contributed by atoms with van der Waals surface area (Å²) in [7, 11) is 0. The first-order valence-corrected chi connectivity index (χ1v) is 7.80. The lowest BCUT2D eigenvalue weighted by Gasteiger charge is -2.30. The minimum absolute atomic E-state index is 0.218. The quantitative estimate of drug-likeness (QED) is 0.833. The maximum Gasteiger partial charge on any atom is 0.138 e. The molecule has 0 bridgehead atoms. The molecule has 1 aliphatic rings. The first-order valence-electron chi connectivity index (χ1n) is 7.42. The Labute approximate surface area is 121 Å². The Kier molecular flexibility index (Phi) is 5.53. The van der Waals surface area contributed by atoms with Gasteiger partial charge in [-0.2, -0.15) is 0 Å². The fourth-order valence-electron chi connectivity index (χ4n) is 3.12. The topological polar surface area (TPSA) is 32.3 Å². The molecule has 106 valence electrons. The van der Waals surface area contributed by atoms with Gasteiger partial charge in [-0.15, -0.1) is 0 Å². The summed E-state index contributed by atoms with van der Waals surface area (Å²) in [5, 5.41) is 14.0. The minimum atomic E-state index is 0.218. The minimum Gasteiger partial charge on any atom is -0.506 e. The lowest BCUT2D eigenvalue weighted by molar-refractivity contribution is 0.261. The third-order valence-electron chi connectivity index (χ3n) is 4.28. The number of aromatic hydroxyl groups is 1. The van der Waals surface area contributed by atoms with Crippen molar-refractivity contribution in [2.75, 3.05) is 0 Å². The predicted molar refractivity (Wildman–Crippen MR) is 80.6 cm³/mol. The Morgan fingerprint density at radius 2 is 2.05 bits per heavy atom. The molecule has 0 aliphatic heterocycles. The van der Waals surface area contributed by atoms with E-state index < -0.39 is 0 Å². The zero-order valence-electron chi connectivity index (χ0n) is 11.7. The van der Waals surface area contributed by atoms with Gasteiger partial charge >= 0.3 is 0 Å². The Balaban J connectivity index is 1.93. The Hall–Kier alpha value is -0.730. The molecule has 1 atom stereocenters. The highest BCUT2D eigenvalue weighted by molar-refractivity contribution is 6.32. The van der Waals surface area contributed by atoms with Crippen molar-refractivity contribution in [3.05, 3.63) is 28.8 Å². The van der Waals surface area contributed by atoms with Crippen molar-refractivity contribution in [1.82, 2.24) is 5.32 Å². The van der Waals surface area contributed by atoms with Crippen molar-refractivity contribution >= 4 is 11.6 Å². The highest BCUT2D eigenvalue weighted by atomic mass is 35.5. The van der Waals surface area contributed by atoms with Crippen molar-refractivity contribution in [3.8, 4) is 5.75 Å². The Bertz CT molecular complexity index is 402. The van der Waals surface area contributed by atoms with Gasteiger partial charge in [0.25, 0.3) is 0 Å². The number of halogens is 1. The number of benzene rings is 1. The van der Waals surface area contributed by atoms with E-state index in [9.17, 15) is 5.11 Å². The van der Waals surface area contributed by atoms with E-state index in [1.807, 2.05) is 12.1 Å². The van der Waals surface area contributed by atoms with Crippen molar-refractivity contribution in [2.45, 2.75) is 58.0 Å². The van der Waals surface area contributed by atoms with Crippen molar-refractivity contribution in [3.63, 3.8) is 0 Å². The number of phenolic OH excluding ortho intramolecular Hbond substituents is 1. The number of rotatable bonds is 5. The van der Waals surface area contributed by atoms with Crippen LogP contribution in [0.25, 0.3) is 0 Å². The molecular formula is C16H24ClNO. The zero-order chi connectivity index (χ0) is 13.7. The number of hydrogen-bond donors (Lipinski definition) is 2. The van der Waals surface area contributed by atoms with Crippen molar-refractivity contribution in [2.24, 2.45) is 5.92 Å². The summed E-state index contributed by atoms with van der Waals surface area (Å²) in [5.41, 5.74) is 0.891. The summed E-state index contributed by atoms with van der Waals surface area (Å²) in [6, 6.07) is 6.10. The van der Waals surface area contributed by atoms with Crippen LogP contribution in [-0.4, -0.2) is 11.1 Å². The largest absolute Gasteiger partial charge is 0.506 e. The van der Waals surface area contributed by atoms with Gasteiger partial charge in [-0.3, -0.25) is 0 Å². The smallest absolute Gasteiger partial charge is 0.138 e. The highest BCUT2D eigenvalue weighted by Crippen LogP contribution is 2.29. The van der Waals surface area contributed by atoms with E-state index in [-0.39, 0.29) is 5.75 Å². The van der Waals surface area contributed by atoms with Crippen LogP contribution < -0.4 is 5.32 Å². The molecule has 1 fully saturated rings. The SMILES string of the molecule is CCC(NCc1cccc(Cl)c1O)C1CCCCC1. The van der Waals surface area contributed by atoms with Crippen LogP contribution in [0, 0.1) is 5.92 Å². The molecule has 0 amide bonds. The molecule has 0 spiro atoms. The second-order valence-electron chi connectivity index (χ2n) is 5.54. The number of hydrogen-bond acceptors (Lipinski definition) is 2. The molecular weight excluding hydrogens is 258 g/mol. The van der Waals surface area contributed by atoms with Crippen LogP contribution in [0.3, 0.4) is 0 Å². The summed E-state index contributed by atoms with van der Waals surface area (Å²) in [5.74, 6) is 1.01. The van der Waals surface area contributed by atoms with Crippen LogP contribution in [0.4, 0.5) is 0 Å². The maximum atomic E-state index is 9.92. The van der Waals surface area contributed by atoms with Gasteiger partial charge in [0.05, 0.1) is 5.02 Å². The van der Waals surface area contributed by atoms with Gasteiger partial charge in [0.1, 0.15) is 5.75 Å². The summed E-state index contributed by atoms with van der Waals surface area (Å²) < 4.78 is 0. The third-order valence-corrected chi connectivity index (χ3v) is 4.59. The van der Waals surface area contributed by atoms with Gasteiger partial charge in [0.2, 0.25) is 0 Å². The fraction of sp³-hybridized carbons (Fsp3) is 0.625. The van der Waals surface area contributed by atoms with Gasteiger partial charge < -0.3 is 10.4 Å². The second kappa shape index (κ2) is 7.16. The molecule has 1 aromatic rings. The average molecular weight is 282 g/mol. The molecule has 0 saturated heterocycles. The van der Waals surface area contributed by atoms with E-state index in [2.05, 4.69) is 12.2 Å². The number of para-hydroxylation sites is 1. The van der Waals surface area contributed by atoms with Gasteiger partial charge in [-0.25, -0.2) is 0 Å². The molecule has 2 nitrogen and oxygen atoms in total. The first-order chi connectivity index (χ1) is 9.22. The van der Waals surface area contributed by atoms with Gasteiger partial charge in [0, 0.05) is 18.2 Å². The molecule has 1 aliphatic carbocycles. The predicted octanol–water partition coefficient (Wildman–Crippen LogP) is 4.49. The summed E-state index contributed by atoms with van der Waals surface area (Å²) in [6.45, 7) is 2.94. The standard InChI is InChI=1S/C16H24ClNO/c1-2-15(12-7-4-3-5-8-12)18-11-13-9-6-10-14(17)16(13)19/h6,9-10,12,15,18-19H,2-5,7-8,11H2,1H3. The second-order valence-corrected chi connectivity index (χ2v) is 5.95. The third kappa shape index (κ3) is 3.87. The van der Waals surface area contributed by atoms with E-state index in [0.717, 1.165) is 17.9 Å². The molecule has 0 heterocycles. The fourth-order valence-corrected chi connectivity index (χ4v) is 3.32. The molecule has 19 heavy (non-hydrogen) atoms. The van der Waals surface area contributed by atoms with Crippen LogP contribution in [0.15, 0.2) is 18.2 Å². The summed E-state index contributed by atoms with van der Waals surface area (Å²) >= 11 is 5.93. The van der Waals surface area contributed by atoms with E-state index in [1.54, 1.807) is 6.07 Å². The summed E-state index contributed by atoms with van der Waals surface area (Å²) in [6.07, 6.45) is 7.95. The molecule has 0 aromatic heterocycles. The van der Waals surface area contributed by atoms with Crippen molar-refractivity contribution in [1.29, 1.82) is 0 Å². The summed E-state index contributed by atoms with van der Waals surface area (Å²) in [4.78, 5) is 0. The number of nitrogens with one attached hydrogen (secondary N) is 1. The first kappa shape index (κ1) is 14.7. The van der Waals surface area contributed by atoms with Crippen LogP contribution in [0.2, 0.25) is 5.02 Å². The van der Waals surface area contributed by atoms with Crippen LogP contribution in [0.1, 0.15) is 51.0 Å². The van der Waals surface area contributed by atoms with E-state index in [1.165, 1.54) is 32.1 Å². The molecule has 1 unspecified atom stereocenters.